The minimum Gasteiger partial charge on any atom is -0.344 e. The second-order valence-electron chi connectivity index (χ2n) is 5.43. The second-order valence-corrected chi connectivity index (χ2v) is 7.09. The maximum absolute atomic E-state index is 12.2. The zero-order valence-corrected chi connectivity index (χ0v) is 14.4. The van der Waals surface area contributed by atoms with Gasteiger partial charge in [0.1, 0.15) is 0 Å². The van der Waals surface area contributed by atoms with E-state index < -0.39 is 10.0 Å². The first-order valence-electron chi connectivity index (χ1n) is 7.72. The molecule has 0 amide bonds. The summed E-state index contributed by atoms with van der Waals surface area (Å²) in [5, 5.41) is 5.03. The van der Waals surface area contributed by atoms with Crippen LogP contribution in [-0.4, -0.2) is 19.2 Å². The second kappa shape index (κ2) is 6.49. The third-order valence-electron chi connectivity index (χ3n) is 4.02. The molecule has 124 valence electrons. The molecule has 0 atom stereocenters. The number of nitrogens with one attached hydrogen (secondary N) is 1. The van der Waals surface area contributed by atoms with Crippen molar-refractivity contribution in [1.82, 2.24) is 9.40 Å². The lowest BCUT2D eigenvalue weighted by Gasteiger charge is -2.03. The summed E-state index contributed by atoms with van der Waals surface area (Å²) in [6.45, 7) is 4.94. The van der Waals surface area contributed by atoms with Crippen LogP contribution in [0.15, 0.2) is 64.6 Å². The molecule has 3 rings (SSSR count). The van der Waals surface area contributed by atoms with E-state index in [1.54, 1.807) is 24.4 Å². The molecular weight excluding hydrogens is 322 g/mol. The minimum absolute atomic E-state index is 0.190. The van der Waals surface area contributed by atoms with Crippen molar-refractivity contribution in [3.8, 4) is 0 Å². The number of nitrogens with zero attached hydrogens (tertiary/aromatic N) is 2. The summed E-state index contributed by atoms with van der Waals surface area (Å²) < 4.78 is 26.6. The summed E-state index contributed by atoms with van der Waals surface area (Å²) in [5.41, 5.74) is 3.09. The van der Waals surface area contributed by atoms with Crippen molar-refractivity contribution in [3.63, 3.8) is 0 Å². The van der Waals surface area contributed by atoms with Crippen LogP contribution in [0.2, 0.25) is 0 Å². The van der Waals surface area contributed by atoms with Gasteiger partial charge in [0.2, 0.25) is 0 Å². The van der Waals surface area contributed by atoms with Gasteiger partial charge in [0, 0.05) is 28.7 Å². The Morgan fingerprint density at radius 3 is 2.46 bits per heavy atom. The van der Waals surface area contributed by atoms with Crippen molar-refractivity contribution in [3.05, 3.63) is 65.9 Å². The first-order valence-corrected chi connectivity index (χ1v) is 9.20. The summed E-state index contributed by atoms with van der Waals surface area (Å²) in [6.07, 6.45) is 1.57. The van der Waals surface area contributed by atoms with Gasteiger partial charge >= 0.3 is 0 Å². The molecule has 0 aliphatic carbocycles. The maximum Gasteiger partial charge on any atom is 0.276 e. The number of para-hydroxylation sites is 1. The van der Waals surface area contributed by atoms with Crippen LogP contribution < -0.4 is 4.83 Å². The predicted molar refractivity (Wildman–Crippen MR) is 96.7 cm³/mol. The fourth-order valence-electron chi connectivity index (χ4n) is 2.84. The molecule has 0 saturated carbocycles. The number of hydrogen-bond acceptors (Lipinski definition) is 3. The highest BCUT2D eigenvalue weighted by molar-refractivity contribution is 7.89. The normalized spacial score (nSPS) is 12.1. The fourth-order valence-corrected chi connectivity index (χ4v) is 3.65. The summed E-state index contributed by atoms with van der Waals surface area (Å²) in [7, 11) is -3.65. The fraction of sp³-hybridized carbons (Fsp3) is 0.167. The van der Waals surface area contributed by atoms with Gasteiger partial charge in [0.15, 0.2) is 0 Å². The molecule has 5 nitrogen and oxygen atoms in total. The van der Waals surface area contributed by atoms with E-state index in [1.165, 1.54) is 12.1 Å². The Labute approximate surface area is 141 Å². The quantitative estimate of drug-likeness (QED) is 0.572. The summed E-state index contributed by atoms with van der Waals surface area (Å²) in [6, 6.07) is 16.2. The third-order valence-corrected chi connectivity index (χ3v) is 5.25. The molecular formula is C18H19N3O2S. The molecule has 0 aliphatic heterocycles. The van der Waals surface area contributed by atoms with Gasteiger partial charge in [0.05, 0.1) is 11.1 Å². The largest absolute Gasteiger partial charge is 0.344 e. The highest BCUT2D eigenvalue weighted by Crippen LogP contribution is 2.24. The molecule has 0 saturated heterocycles. The number of sulfonamides is 1. The predicted octanol–water partition coefficient (Wildman–Crippen LogP) is 3.28. The van der Waals surface area contributed by atoms with E-state index in [-0.39, 0.29) is 4.90 Å². The van der Waals surface area contributed by atoms with Gasteiger partial charge in [-0.05, 0) is 32.0 Å². The minimum atomic E-state index is -3.65. The van der Waals surface area contributed by atoms with E-state index in [0.717, 1.165) is 28.7 Å². The molecule has 0 bridgehead atoms. The molecule has 1 N–H and O–H groups in total. The number of hydrogen-bond donors (Lipinski definition) is 1. The van der Waals surface area contributed by atoms with E-state index in [9.17, 15) is 8.42 Å². The lowest BCUT2D eigenvalue weighted by molar-refractivity contribution is 0.584. The van der Waals surface area contributed by atoms with E-state index in [2.05, 4.69) is 27.5 Å². The van der Waals surface area contributed by atoms with Gasteiger partial charge < -0.3 is 4.57 Å². The average molecular weight is 341 g/mol. The van der Waals surface area contributed by atoms with E-state index in [1.807, 2.05) is 25.1 Å². The SMILES string of the molecule is CCn1c(C)c(/C=N/NS(=O)(=O)c2ccccc2)c2ccccc21. The molecule has 24 heavy (non-hydrogen) atoms. The van der Waals surface area contributed by atoms with Crippen LogP contribution in [0.1, 0.15) is 18.2 Å². The van der Waals surface area contributed by atoms with Crippen LogP contribution in [0.25, 0.3) is 10.9 Å². The van der Waals surface area contributed by atoms with E-state index >= 15 is 0 Å². The molecule has 1 heterocycles. The van der Waals surface area contributed by atoms with Gasteiger partial charge in [-0.2, -0.15) is 13.5 Å². The molecule has 0 spiro atoms. The zero-order valence-electron chi connectivity index (χ0n) is 13.6. The van der Waals surface area contributed by atoms with E-state index in [0.29, 0.717) is 0 Å². The van der Waals surface area contributed by atoms with Gasteiger partial charge in [-0.25, -0.2) is 4.83 Å². The van der Waals surface area contributed by atoms with Crippen LogP contribution >= 0.6 is 0 Å². The monoisotopic (exact) mass is 341 g/mol. The lowest BCUT2D eigenvalue weighted by atomic mass is 10.1. The molecule has 0 unspecified atom stereocenters. The number of hydrazone groups is 1. The Morgan fingerprint density at radius 1 is 1.08 bits per heavy atom. The zero-order chi connectivity index (χ0) is 17.2. The van der Waals surface area contributed by atoms with Gasteiger partial charge in [0.25, 0.3) is 10.0 Å². The number of benzene rings is 2. The van der Waals surface area contributed by atoms with Crippen LogP contribution in [0.5, 0.6) is 0 Å². The Kier molecular flexibility index (Phi) is 4.40. The standard InChI is InChI=1S/C18H19N3O2S/c1-3-21-14(2)17(16-11-7-8-12-18(16)21)13-19-20-24(22,23)15-9-5-4-6-10-15/h4-13,20H,3H2,1-2H3/b19-13+. The van der Waals surface area contributed by atoms with E-state index in [4.69, 9.17) is 0 Å². The number of fused-ring (bicyclic) bond motifs is 1. The van der Waals surface area contributed by atoms with Crippen LogP contribution in [0, 0.1) is 6.92 Å². The number of aromatic nitrogens is 1. The topological polar surface area (TPSA) is 63.5 Å². The van der Waals surface area contributed by atoms with Crippen LogP contribution in [-0.2, 0) is 16.6 Å². The Hall–Kier alpha value is -2.60. The maximum atomic E-state index is 12.2. The highest BCUT2D eigenvalue weighted by atomic mass is 32.2. The lowest BCUT2D eigenvalue weighted by Crippen LogP contribution is -2.18. The number of aryl methyl sites for hydroxylation is 1. The van der Waals surface area contributed by atoms with Gasteiger partial charge in [-0.15, -0.1) is 0 Å². The summed E-state index contributed by atoms with van der Waals surface area (Å²) in [5.74, 6) is 0. The van der Waals surface area contributed by atoms with Gasteiger partial charge in [-0.1, -0.05) is 36.4 Å². The average Bonchev–Trinajstić information content (AvgIpc) is 2.87. The summed E-state index contributed by atoms with van der Waals surface area (Å²) >= 11 is 0. The summed E-state index contributed by atoms with van der Waals surface area (Å²) in [4.78, 5) is 2.47. The first-order chi connectivity index (χ1) is 11.5. The van der Waals surface area contributed by atoms with Crippen molar-refractivity contribution in [2.75, 3.05) is 0 Å². The first kappa shape index (κ1) is 16.3. The Morgan fingerprint density at radius 2 is 1.75 bits per heavy atom. The molecule has 6 heteroatoms. The highest BCUT2D eigenvalue weighted by Gasteiger charge is 2.13. The van der Waals surface area contributed by atoms with Crippen molar-refractivity contribution in [1.29, 1.82) is 0 Å². The molecule has 0 fully saturated rings. The van der Waals surface area contributed by atoms with Crippen LogP contribution in [0.3, 0.4) is 0 Å². The molecule has 0 radical (unpaired) electrons. The van der Waals surface area contributed by atoms with Gasteiger partial charge in [-0.3, -0.25) is 0 Å². The van der Waals surface area contributed by atoms with Crippen LogP contribution in [0.4, 0.5) is 0 Å². The molecule has 2 aromatic carbocycles. The third kappa shape index (κ3) is 2.92. The van der Waals surface area contributed by atoms with Crippen molar-refractivity contribution >= 4 is 27.1 Å². The molecule has 0 aliphatic rings. The van der Waals surface area contributed by atoms with Crippen molar-refractivity contribution in [2.24, 2.45) is 5.10 Å². The number of rotatable bonds is 5. The smallest absolute Gasteiger partial charge is 0.276 e. The van der Waals surface area contributed by atoms with Crippen molar-refractivity contribution < 1.29 is 8.42 Å². The molecule has 1 aromatic heterocycles. The Bertz CT molecular complexity index is 990. The molecule has 3 aromatic rings. The Balaban J connectivity index is 1.93. The van der Waals surface area contributed by atoms with Crippen molar-refractivity contribution in [2.45, 2.75) is 25.3 Å².